The number of hydrogen-bond acceptors (Lipinski definition) is 2. The van der Waals surface area contributed by atoms with E-state index in [9.17, 15) is 0 Å². The van der Waals surface area contributed by atoms with Crippen LogP contribution in [0, 0.1) is 0 Å². The fourth-order valence-electron chi connectivity index (χ4n) is 0. The van der Waals surface area contributed by atoms with Crippen LogP contribution in [-0.4, -0.2) is 20.1 Å². The highest BCUT2D eigenvalue weighted by Gasteiger charge is 1.34. The van der Waals surface area contributed by atoms with E-state index >= 15 is 0 Å². The topological polar surface area (TPSA) is 55.2 Å². The third kappa shape index (κ3) is 4600. The maximum absolute atomic E-state index is 7.57. The van der Waals surface area contributed by atoms with E-state index in [2.05, 4.69) is 0 Å². The summed E-state index contributed by atoms with van der Waals surface area (Å²) in [6, 6.07) is 0. The van der Waals surface area contributed by atoms with Gasteiger partial charge >= 0.3 is 0 Å². The van der Waals surface area contributed by atoms with Gasteiger partial charge in [0.2, 0.25) is 0 Å². The molecule has 0 saturated heterocycles. The van der Waals surface area contributed by atoms with Crippen LogP contribution in [0.5, 0.6) is 0 Å². The van der Waals surface area contributed by atoms with Crippen LogP contribution in [-0.2, 0) is 0 Å². The van der Waals surface area contributed by atoms with Gasteiger partial charge in [-0.25, -0.2) is 0 Å². The van der Waals surface area contributed by atoms with Crippen molar-refractivity contribution < 1.29 is 9.81 Å². The average molecular weight is 96.9 g/mol. The highest BCUT2D eigenvalue weighted by Crippen LogP contribution is 1.30. The molecule has 0 spiro atoms. The Morgan fingerprint density at radius 3 is 1.50 bits per heavy atom. The lowest BCUT2D eigenvalue weighted by molar-refractivity contribution is 0.318. The quantitative estimate of drug-likeness (QED) is 0.386. The Bertz CT molecular complexity index is 13.5. The Kier molecular flexibility index (Phi) is 584. The standard InChI is InChI=1S/C2H6O.BH3.FH.H3N/c1-2-3;;;/h3H,2H2,1H3;1H3;1H;1H3. The number of hydrogen-bond donors (Lipinski definition) is 2. The van der Waals surface area contributed by atoms with Crippen LogP contribution in [0.1, 0.15) is 6.92 Å². The van der Waals surface area contributed by atoms with E-state index < -0.39 is 0 Å². The van der Waals surface area contributed by atoms with Crippen molar-refractivity contribution in [3.05, 3.63) is 0 Å². The smallest absolute Gasteiger partial charge is 0.0814 e. The van der Waals surface area contributed by atoms with Gasteiger partial charge in [-0.15, -0.1) is 0 Å². The molecule has 4 N–H and O–H groups in total. The molecule has 0 aliphatic carbocycles. The van der Waals surface area contributed by atoms with Gasteiger partial charge < -0.3 is 11.3 Å². The molecule has 0 unspecified atom stereocenters. The van der Waals surface area contributed by atoms with E-state index in [1.165, 1.54) is 0 Å². The van der Waals surface area contributed by atoms with E-state index in [0.29, 0.717) is 0 Å². The second-order valence-electron chi connectivity index (χ2n) is 0.316. The van der Waals surface area contributed by atoms with Gasteiger partial charge in [0.05, 0.1) is 8.41 Å². The van der Waals surface area contributed by atoms with Gasteiger partial charge in [-0.1, -0.05) is 0 Å². The first kappa shape index (κ1) is 39.0. The first-order chi connectivity index (χ1) is 1.41. The largest absolute Gasteiger partial charge is 0.397 e. The van der Waals surface area contributed by atoms with Crippen molar-refractivity contribution in [1.29, 1.82) is 0 Å². The molecule has 0 fully saturated rings. The molecule has 0 aliphatic heterocycles. The van der Waals surface area contributed by atoms with E-state index in [1.807, 2.05) is 0 Å². The molecule has 4 heteroatoms. The minimum absolute atomic E-state index is 0. The highest BCUT2D eigenvalue weighted by atomic mass is 19.0. The van der Waals surface area contributed by atoms with Crippen molar-refractivity contribution in [2.75, 3.05) is 6.61 Å². The van der Waals surface area contributed by atoms with Gasteiger partial charge in [0.1, 0.15) is 0 Å². The Morgan fingerprint density at radius 1 is 1.50 bits per heavy atom. The van der Waals surface area contributed by atoms with Crippen molar-refractivity contribution in [1.82, 2.24) is 6.15 Å². The minimum atomic E-state index is 0. The van der Waals surface area contributed by atoms with Crippen LogP contribution in [0.4, 0.5) is 4.70 Å². The summed E-state index contributed by atoms with van der Waals surface area (Å²) >= 11 is 0. The lowest BCUT2D eigenvalue weighted by Crippen LogP contribution is -1.57. The van der Waals surface area contributed by atoms with Crippen LogP contribution < -0.4 is 6.15 Å². The second-order valence-corrected chi connectivity index (χ2v) is 0.316. The Morgan fingerprint density at radius 2 is 1.50 bits per heavy atom. The van der Waals surface area contributed by atoms with Gasteiger partial charge in [0, 0.05) is 6.61 Å². The SMILES string of the molecule is B.CCO.F.N. The molecular formula is C2H13BFNO. The molecule has 0 amide bonds. The fraction of sp³-hybridized carbons (Fsp3) is 1.00. The minimum Gasteiger partial charge on any atom is -0.397 e. The molecule has 0 radical (unpaired) electrons. The van der Waals surface area contributed by atoms with E-state index in [0.717, 1.165) is 0 Å². The number of halogens is 1. The fourth-order valence-corrected chi connectivity index (χ4v) is 0. The first-order valence-electron chi connectivity index (χ1n) is 1.02. The molecule has 6 heavy (non-hydrogen) atoms. The molecular weight excluding hydrogens is 83.8 g/mol. The summed E-state index contributed by atoms with van der Waals surface area (Å²) in [5.41, 5.74) is 0. The Labute approximate surface area is 39.1 Å². The average Bonchev–Trinajstić information content (AvgIpc) is 0.918. The third-order valence-electron chi connectivity index (χ3n) is 0. The number of rotatable bonds is 0. The van der Waals surface area contributed by atoms with Crippen LogP contribution in [0.3, 0.4) is 0 Å². The molecule has 42 valence electrons. The summed E-state index contributed by atoms with van der Waals surface area (Å²) in [6.07, 6.45) is 0. The molecule has 0 heterocycles. The predicted octanol–water partition coefficient (Wildman–Crippen LogP) is -0.871. The van der Waals surface area contributed by atoms with Gasteiger partial charge in [-0.3, -0.25) is 4.70 Å². The zero-order valence-corrected chi connectivity index (χ0v) is 3.27. The van der Waals surface area contributed by atoms with E-state index in [4.69, 9.17) is 5.11 Å². The van der Waals surface area contributed by atoms with Gasteiger partial charge in [-0.2, -0.15) is 0 Å². The normalized spacial score (nSPS) is 3.00. The maximum Gasteiger partial charge on any atom is 0.0814 e. The van der Waals surface area contributed by atoms with E-state index in [1.54, 1.807) is 6.92 Å². The number of aliphatic hydroxyl groups excluding tert-OH is 1. The first-order valence-corrected chi connectivity index (χ1v) is 1.02. The molecule has 0 aliphatic rings. The van der Waals surface area contributed by atoms with Crippen LogP contribution in [0.2, 0.25) is 0 Å². The van der Waals surface area contributed by atoms with Crippen molar-refractivity contribution in [3.8, 4) is 0 Å². The molecule has 0 aromatic rings. The summed E-state index contributed by atoms with van der Waals surface area (Å²) in [6.45, 7) is 1.93. The van der Waals surface area contributed by atoms with Gasteiger partial charge in [-0.05, 0) is 6.92 Å². The Balaban J connectivity index is -0.00000000667. The van der Waals surface area contributed by atoms with Gasteiger partial charge in [0.25, 0.3) is 0 Å². The zero-order chi connectivity index (χ0) is 2.71. The summed E-state index contributed by atoms with van der Waals surface area (Å²) in [4.78, 5) is 0. The molecule has 0 saturated carbocycles. The monoisotopic (exact) mass is 97.1 g/mol. The molecule has 0 rings (SSSR count). The van der Waals surface area contributed by atoms with Crippen molar-refractivity contribution in [2.45, 2.75) is 6.92 Å². The maximum atomic E-state index is 7.57. The lowest BCUT2D eigenvalue weighted by Gasteiger charge is -1.52. The van der Waals surface area contributed by atoms with Crippen molar-refractivity contribution >= 4 is 8.41 Å². The lowest BCUT2D eigenvalue weighted by atomic mass is 10.8. The van der Waals surface area contributed by atoms with Crippen molar-refractivity contribution in [3.63, 3.8) is 0 Å². The van der Waals surface area contributed by atoms with Crippen LogP contribution in [0.25, 0.3) is 0 Å². The van der Waals surface area contributed by atoms with Gasteiger partial charge in [0.15, 0.2) is 0 Å². The van der Waals surface area contributed by atoms with Crippen molar-refractivity contribution in [2.24, 2.45) is 0 Å². The molecule has 2 nitrogen and oxygen atoms in total. The summed E-state index contributed by atoms with van der Waals surface area (Å²) in [7, 11) is 0. The summed E-state index contributed by atoms with van der Waals surface area (Å²) in [5.74, 6) is 0. The van der Waals surface area contributed by atoms with Crippen LogP contribution >= 0.6 is 0 Å². The molecule has 0 bridgehead atoms. The zero-order valence-electron chi connectivity index (χ0n) is 3.27. The number of aliphatic hydroxyl groups is 1. The predicted molar refractivity (Wildman–Crippen MR) is 30.2 cm³/mol. The summed E-state index contributed by atoms with van der Waals surface area (Å²) < 4.78 is 0. The molecule has 0 aromatic heterocycles. The van der Waals surface area contributed by atoms with E-state index in [-0.39, 0.29) is 25.9 Å². The highest BCUT2D eigenvalue weighted by molar-refractivity contribution is 5.75. The Hall–Kier alpha value is -0.0851. The summed E-state index contributed by atoms with van der Waals surface area (Å²) in [5, 5.41) is 7.57. The third-order valence-corrected chi connectivity index (χ3v) is 0. The van der Waals surface area contributed by atoms with Crippen LogP contribution in [0.15, 0.2) is 0 Å². The second kappa shape index (κ2) is 90.0. The molecule has 0 aromatic carbocycles. The molecule has 0 atom stereocenters.